The van der Waals surface area contributed by atoms with Crippen molar-refractivity contribution >= 4 is 11.7 Å². The number of hydrogen-bond acceptors (Lipinski definition) is 4. The molecule has 1 aromatic heterocycles. The number of amides is 1. The second-order valence-electron chi connectivity index (χ2n) is 6.38. The zero-order chi connectivity index (χ0) is 17.5. The van der Waals surface area contributed by atoms with Gasteiger partial charge in [-0.25, -0.2) is 4.98 Å². The Balaban J connectivity index is 1.46. The molecule has 1 amide bonds. The van der Waals surface area contributed by atoms with E-state index in [1.165, 1.54) is 5.56 Å². The van der Waals surface area contributed by atoms with Crippen LogP contribution in [0.3, 0.4) is 0 Å². The van der Waals surface area contributed by atoms with Crippen LogP contribution in [-0.4, -0.2) is 35.4 Å². The third-order valence-corrected chi connectivity index (χ3v) is 4.67. The zero-order valence-corrected chi connectivity index (χ0v) is 14.2. The molecule has 25 heavy (non-hydrogen) atoms. The van der Waals surface area contributed by atoms with Crippen LogP contribution in [0.15, 0.2) is 48.7 Å². The molecule has 0 spiro atoms. The Bertz CT molecular complexity index is 746. The Hall–Kier alpha value is -2.87. The average Bonchev–Trinajstić information content (AvgIpc) is 2.67. The summed E-state index contributed by atoms with van der Waals surface area (Å²) in [5.41, 5.74) is 1.82. The van der Waals surface area contributed by atoms with E-state index in [-0.39, 0.29) is 12.5 Å². The van der Waals surface area contributed by atoms with Crippen molar-refractivity contribution in [1.29, 1.82) is 5.26 Å². The average molecular weight is 334 g/mol. The molecule has 0 bridgehead atoms. The van der Waals surface area contributed by atoms with Gasteiger partial charge in [0.05, 0.1) is 12.1 Å². The second-order valence-corrected chi connectivity index (χ2v) is 6.38. The molecule has 0 radical (unpaired) electrons. The van der Waals surface area contributed by atoms with Gasteiger partial charge in [0.15, 0.2) is 0 Å². The van der Waals surface area contributed by atoms with Gasteiger partial charge in [-0.05, 0) is 42.9 Å². The summed E-state index contributed by atoms with van der Waals surface area (Å²) in [6, 6.07) is 16.0. The van der Waals surface area contributed by atoms with Crippen molar-refractivity contribution in [3.8, 4) is 6.07 Å². The summed E-state index contributed by atoms with van der Waals surface area (Å²) in [5.74, 6) is 1.17. The topological polar surface area (TPSA) is 69.0 Å². The molecule has 1 N–H and O–H groups in total. The van der Waals surface area contributed by atoms with E-state index in [0.29, 0.717) is 17.3 Å². The number of pyridine rings is 1. The molecule has 1 aliphatic heterocycles. The predicted molar refractivity (Wildman–Crippen MR) is 96.9 cm³/mol. The third-order valence-electron chi connectivity index (χ3n) is 4.67. The van der Waals surface area contributed by atoms with Gasteiger partial charge in [0, 0.05) is 19.3 Å². The van der Waals surface area contributed by atoms with Crippen LogP contribution >= 0.6 is 0 Å². The molecule has 1 aromatic carbocycles. The van der Waals surface area contributed by atoms with Crippen LogP contribution in [0.25, 0.3) is 0 Å². The molecule has 0 aliphatic carbocycles. The summed E-state index contributed by atoms with van der Waals surface area (Å²) in [6.07, 6.45) is 4.77. The molecule has 1 fully saturated rings. The van der Waals surface area contributed by atoms with Crippen molar-refractivity contribution < 1.29 is 4.79 Å². The Kier molecular flexibility index (Phi) is 5.63. The summed E-state index contributed by atoms with van der Waals surface area (Å²) in [6.45, 7) is 1.77. The number of rotatable bonds is 5. The lowest BCUT2D eigenvalue weighted by molar-refractivity contribution is -0.130. The Morgan fingerprint density at radius 2 is 1.96 bits per heavy atom. The van der Waals surface area contributed by atoms with Gasteiger partial charge in [-0.3, -0.25) is 4.79 Å². The van der Waals surface area contributed by atoms with Gasteiger partial charge < -0.3 is 10.2 Å². The van der Waals surface area contributed by atoms with Gasteiger partial charge in [0.25, 0.3) is 0 Å². The number of likely N-dealkylation sites (tertiary alicyclic amines) is 1. The van der Waals surface area contributed by atoms with Crippen LogP contribution in [0.4, 0.5) is 5.82 Å². The zero-order valence-electron chi connectivity index (χ0n) is 14.2. The first kappa shape index (κ1) is 17.0. The molecular weight excluding hydrogens is 312 g/mol. The molecule has 0 unspecified atom stereocenters. The molecule has 0 saturated carbocycles. The highest BCUT2D eigenvalue weighted by Gasteiger charge is 2.22. The monoisotopic (exact) mass is 334 g/mol. The van der Waals surface area contributed by atoms with Crippen LogP contribution in [-0.2, 0) is 11.2 Å². The molecule has 1 saturated heterocycles. The molecule has 2 heterocycles. The van der Waals surface area contributed by atoms with Crippen molar-refractivity contribution in [2.24, 2.45) is 5.92 Å². The maximum Gasteiger partial charge on any atom is 0.241 e. The van der Waals surface area contributed by atoms with Crippen molar-refractivity contribution in [2.45, 2.75) is 19.3 Å². The Labute approximate surface area is 148 Å². The van der Waals surface area contributed by atoms with Crippen LogP contribution in [0.1, 0.15) is 24.0 Å². The number of nitrogens with zero attached hydrogens (tertiary/aromatic N) is 3. The SMILES string of the molecule is N#Cc1cccnc1NCC(=O)N1CCC(Cc2ccccc2)CC1. The van der Waals surface area contributed by atoms with Gasteiger partial charge in [-0.2, -0.15) is 5.26 Å². The number of piperidine rings is 1. The van der Waals surface area contributed by atoms with Gasteiger partial charge in [-0.15, -0.1) is 0 Å². The minimum Gasteiger partial charge on any atom is -0.360 e. The van der Waals surface area contributed by atoms with Crippen LogP contribution < -0.4 is 5.32 Å². The fourth-order valence-corrected chi connectivity index (χ4v) is 3.24. The molecule has 2 aromatic rings. The summed E-state index contributed by atoms with van der Waals surface area (Å²) in [4.78, 5) is 18.4. The lowest BCUT2D eigenvalue weighted by atomic mass is 9.90. The highest BCUT2D eigenvalue weighted by Crippen LogP contribution is 2.21. The minimum atomic E-state index is 0.0627. The van der Waals surface area contributed by atoms with Crippen LogP contribution in [0.2, 0.25) is 0 Å². The standard InChI is InChI=1S/C20H22N4O/c21-14-18-7-4-10-22-20(18)23-15-19(25)24-11-8-17(9-12-24)13-16-5-2-1-3-6-16/h1-7,10,17H,8-9,11-13,15H2,(H,22,23). The number of nitrogens with one attached hydrogen (secondary N) is 1. The molecule has 128 valence electrons. The first-order valence-electron chi connectivity index (χ1n) is 8.67. The van der Waals surface area contributed by atoms with Crippen molar-refractivity contribution in [1.82, 2.24) is 9.88 Å². The molecule has 1 aliphatic rings. The lowest BCUT2D eigenvalue weighted by Gasteiger charge is -2.32. The number of nitriles is 1. The third kappa shape index (κ3) is 4.57. The Morgan fingerprint density at radius 3 is 2.68 bits per heavy atom. The summed E-state index contributed by atoms with van der Waals surface area (Å²) >= 11 is 0. The van der Waals surface area contributed by atoms with Crippen LogP contribution in [0.5, 0.6) is 0 Å². The van der Waals surface area contributed by atoms with E-state index in [1.807, 2.05) is 11.0 Å². The summed E-state index contributed by atoms with van der Waals surface area (Å²) in [7, 11) is 0. The number of anilines is 1. The lowest BCUT2D eigenvalue weighted by Crippen LogP contribution is -2.41. The fraction of sp³-hybridized carbons (Fsp3) is 0.350. The summed E-state index contributed by atoms with van der Waals surface area (Å²) in [5, 5.41) is 12.0. The van der Waals surface area contributed by atoms with E-state index in [0.717, 1.165) is 32.4 Å². The van der Waals surface area contributed by atoms with Gasteiger partial charge in [0.2, 0.25) is 5.91 Å². The normalized spacial score (nSPS) is 14.8. The molecule has 5 heteroatoms. The number of carbonyl (C=O) groups excluding carboxylic acids is 1. The maximum atomic E-state index is 12.4. The number of benzene rings is 1. The largest absolute Gasteiger partial charge is 0.360 e. The fourth-order valence-electron chi connectivity index (χ4n) is 3.24. The molecule has 3 rings (SSSR count). The molecular formula is C20H22N4O. The van der Waals surface area contributed by atoms with Gasteiger partial charge in [0.1, 0.15) is 11.9 Å². The van der Waals surface area contributed by atoms with Crippen molar-refractivity contribution in [3.05, 3.63) is 59.8 Å². The first-order valence-corrected chi connectivity index (χ1v) is 8.67. The first-order chi connectivity index (χ1) is 12.3. The van der Waals surface area contributed by atoms with E-state index in [1.54, 1.807) is 18.3 Å². The Morgan fingerprint density at radius 1 is 1.20 bits per heavy atom. The predicted octanol–water partition coefficient (Wildman–Crippen LogP) is 2.85. The minimum absolute atomic E-state index is 0.0627. The van der Waals surface area contributed by atoms with Crippen LogP contribution in [0, 0.1) is 17.2 Å². The highest BCUT2D eigenvalue weighted by atomic mass is 16.2. The smallest absolute Gasteiger partial charge is 0.241 e. The molecule has 5 nitrogen and oxygen atoms in total. The number of hydrogen-bond donors (Lipinski definition) is 1. The molecule has 0 atom stereocenters. The second kappa shape index (κ2) is 8.29. The van der Waals surface area contributed by atoms with Gasteiger partial charge >= 0.3 is 0 Å². The van der Waals surface area contributed by atoms with Crippen molar-refractivity contribution in [2.75, 3.05) is 25.0 Å². The quantitative estimate of drug-likeness (QED) is 0.913. The van der Waals surface area contributed by atoms with E-state index >= 15 is 0 Å². The number of aromatic nitrogens is 1. The highest BCUT2D eigenvalue weighted by molar-refractivity contribution is 5.81. The van der Waals surface area contributed by atoms with E-state index < -0.39 is 0 Å². The maximum absolute atomic E-state index is 12.4. The number of carbonyl (C=O) groups is 1. The van der Waals surface area contributed by atoms with E-state index in [2.05, 4.69) is 40.6 Å². The summed E-state index contributed by atoms with van der Waals surface area (Å²) < 4.78 is 0. The van der Waals surface area contributed by atoms with E-state index in [9.17, 15) is 4.79 Å². The van der Waals surface area contributed by atoms with Gasteiger partial charge in [-0.1, -0.05) is 30.3 Å². The van der Waals surface area contributed by atoms with E-state index in [4.69, 9.17) is 5.26 Å². The van der Waals surface area contributed by atoms with Crippen molar-refractivity contribution in [3.63, 3.8) is 0 Å².